The summed E-state index contributed by atoms with van der Waals surface area (Å²) in [5.74, 6) is 0. The second-order valence-electron chi connectivity index (χ2n) is 2.66. The van der Waals surface area contributed by atoms with Gasteiger partial charge in [0.25, 0.3) is 0 Å². The number of oxime groups is 1. The molecule has 2 N–H and O–H groups in total. The van der Waals surface area contributed by atoms with E-state index in [0.29, 0.717) is 0 Å². The molecule has 1 aromatic carbocycles. The Hall–Kier alpha value is -1.22. The number of rotatable bonds is 3. The van der Waals surface area contributed by atoms with Crippen LogP contribution in [-0.2, 0) is 4.84 Å². The molecular weight excluding hydrogens is 200 g/mol. The molecule has 1 aromatic rings. The van der Waals surface area contributed by atoms with Gasteiger partial charge in [-0.25, -0.2) is 0 Å². The van der Waals surface area contributed by atoms with Gasteiger partial charge in [-0.3, -0.25) is 0 Å². The quantitative estimate of drug-likeness (QED) is 0.477. The zero-order chi connectivity index (χ0) is 9.68. The number of hydrogen-bond donors (Lipinski definition) is 1. The fourth-order valence-corrected chi connectivity index (χ4v) is 1.17. The van der Waals surface area contributed by atoms with E-state index >= 15 is 0 Å². The summed E-state index contributed by atoms with van der Waals surface area (Å²) in [6, 6.07) is 7.64. The van der Waals surface area contributed by atoms with Gasteiger partial charge in [-0.2, -0.15) is 0 Å². The Morgan fingerprint density at radius 2 is 2.07 bits per heavy atom. The van der Waals surface area contributed by atoms with Gasteiger partial charge in [0.2, 0.25) is 0 Å². The van der Waals surface area contributed by atoms with Gasteiger partial charge in [-0.15, -0.1) is 12.4 Å². The van der Waals surface area contributed by atoms with Crippen molar-refractivity contribution in [1.82, 2.24) is 0 Å². The van der Waals surface area contributed by atoms with Crippen LogP contribution in [0.25, 0.3) is 0 Å². The van der Waals surface area contributed by atoms with Crippen LogP contribution in [0.3, 0.4) is 0 Å². The van der Waals surface area contributed by atoms with Gasteiger partial charge in [0.05, 0.1) is 5.71 Å². The lowest BCUT2D eigenvalue weighted by Gasteiger charge is -2.05. The van der Waals surface area contributed by atoms with E-state index in [2.05, 4.69) is 5.16 Å². The SMILES string of the molecule is CCC(=NOC)c1ccccc1N.Cl. The van der Waals surface area contributed by atoms with Crippen molar-refractivity contribution in [2.24, 2.45) is 5.16 Å². The smallest absolute Gasteiger partial charge is 0.106 e. The summed E-state index contributed by atoms with van der Waals surface area (Å²) in [6.45, 7) is 2.02. The molecule has 0 radical (unpaired) electrons. The molecule has 0 amide bonds. The van der Waals surface area contributed by atoms with Crippen molar-refractivity contribution < 1.29 is 4.84 Å². The van der Waals surface area contributed by atoms with Crippen molar-refractivity contribution in [2.45, 2.75) is 13.3 Å². The first-order chi connectivity index (χ1) is 6.29. The van der Waals surface area contributed by atoms with Gasteiger partial charge in [-0.05, 0) is 12.5 Å². The summed E-state index contributed by atoms with van der Waals surface area (Å²) < 4.78 is 0. The highest BCUT2D eigenvalue weighted by atomic mass is 35.5. The maximum atomic E-state index is 5.79. The van der Waals surface area contributed by atoms with Crippen LogP contribution in [-0.4, -0.2) is 12.8 Å². The zero-order valence-corrected chi connectivity index (χ0v) is 9.17. The minimum atomic E-state index is 0. The molecule has 0 atom stereocenters. The number of nitrogens with two attached hydrogens (primary N) is 1. The molecule has 4 heteroatoms. The summed E-state index contributed by atoms with van der Waals surface area (Å²) in [5.41, 5.74) is 8.35. The van der Waals surface area contributed by atoms with Gasteiger partial charge < -0.3 is 10.6 Å². The highest BCUT2D eigenvalue weighted by Crippen LogP contribution is 2.13. The third-order valence-corrected chi connectivity index (χ3v) is 1.81. The van der Waals surface area contributed by atoms with Crippen LogP contribution in [0.1, 0.15) is 18.9 Å². The van der Waals surface area contributed by atoms with Gasteiger partial charge in [-0.1, -0.05) is 30.3 Å². The van der Waals surface area contributed by atoms with Crippen molar-refractivity contribution in [1.29, 1.82) is 0 Å². The lowest BCUT2D eigenvalue weighted by atomic mass is 10.1. The fourth-order valence-electron chi connectivity index (χ4n) is 1.17. The largest absolute Gasteiger partial charge is 0.399 e. The van der Waals surface area contributed by atoms with Gasteiger partial charge in [0.1, 0.15) is 7.11 Å². The second kappa shape index (κ2) is 6.27. The number of halogens is 1. The number of nitrogen functional groups attached to an aromatic ring is 1. The molecular formula is C10H15ClN2O. The van der Waals surface area contributed by atoms with Crippen molar-refractivity contribution in [3.63, 3.8) is 0 Å². The second-order valence-corrected chi connectivity index (χ2v) is 2.66. The molecule has 0 spiro atoms. The maximum absolute atomic E-state index is 5.79. The zero-order valence-electron chi connectivity index (χ0n) is 8.36. The van der Waals surface area contributed by atoms with E-state index < -0.39 is 0 Å². The average molecular weight is 215 g/mol. The molecule has 0 aliphatic heterocycles. The third-order valence-electron chi connectivity index (χ3n) is 1.81. The number of para-hydroxylation sites is 1. The molecule has 3 nitrogen and oxygen atoms in total. The molecule has 78 valence electrons. The summed E-state index contributed by atoms with van der Waals surface area (Å²) in [4.78, 5) is 4.74. The Bertz CT molecular complexity index is 313. The maximum Gasteiger partial charge on any atom is 0.106 e. The predicted molar refractivity (Wildman–Crippen MR) is 61.9 cm³/mol. The van der Waals surface area contributed by atoms with Gasteiger partial charge in [0, 0.05) is 11.3 Å². The number of hydrogen-bond acceptors (Lipinski definition) is 3. The minimum Gasteiger partial charge on any atom is -0.399 e. The van der Waals surface area contributed by atoms with E-state index in [9.17, 15) is 0 Å². The van der Waals surface area contributed by atoms with Gasteiger partial charge >= 0.3 is 0 Å². The highest BCUT2D eigenvalue weighted by Gasteiger charge is 2.04. The molecule has 0 aliphatic rings. The van der Waals surface area contributed by atoms with E-state index in [1.165, 1.54) is 7.11 Å². The van der Waals surface area contributed by atoms with Crippen LogP contribution in [0.4, 0.5) is 5.69 Å². The molecule has 0 fully saturated rings. The predicted octanol–water partition coefficient (Wildman–Crippen LogP) is 2.45. The number of anilines is 1. The standard InChI is InChI=1S/C10H14N2O.ClH/c1-3-10(12-13-2)8-6-4-5-7-9(8)11;/h4-7H,3,11H2,1-2H3;1H. The Balaban J connectivity index is 0.00000169. The third kappa shape index (κ3) is 2.92. The average Bonchev–Trinajstić information content (AvgIpc) is 2.16. The molecule has 0 bridgehead atoms. The fraction of sp³-hybridized carbons (Fsp3) is 0.300. The lowest BCUT2D eigenvalue weighted by Crippen LogP contribution is -2.03. The Morgan fingerprint density at radius 3 is 2.57 bits per heavy atom. The Labute approximate surface area is 90.3 Å². The summed E-state index contributed by atoms with van der Waals surface area (Å²) >= 11 is 0. The first kappa shape index (κ1) is 12.8. The van der Waals surface area contributed by atoms with Gasteiger partial charge in [0.15, 0.2) is 0 Å². The normalized spacial score (nSPS) is 10.6. The van der Waals surface area contributed by atoms with Crippen molar-refractivity contribution in [3.05, 3.63) is 29.8 Å². The van der Waals surface area contributed by atoms with Crippen molar-refractivity contribution in [2.75, 3.05) is 12.8 Å². The number of nitrogens with zero attached hydrogens (tertiary/aromatic N) is 1. The van der Waals surface area contributed by atoms with Crippen molar-refractivity contribution in [3.8, 4) is 0 Å². The van der Waals surface area contributed by atoms with Crippen LogP contribution in [0.5, 0.6) is 0 Å². The van der Waals surface area contributed by atoms with E-state index in [4.69, 9.17) is 10.6 Å². The molecule has 0 heterocycles. The minimum absolute atomic E-state index is 0. The molecule has 0 saturated heterocycles. The summed E-state index contributed by atoms with van der Waals surface area (Å²) in [5, 5.41) is 3.91. The molecule has 0 saturated carbocycles. The first-order valence-electron chi connectivity index (χ1n) is 4.24. The van der Waals surface area contributed by atoms with Crippen LogP contribution in [0.15, 0.2) is 29.4 Å². The molecule has 1 rings (SSSR count). The molecule has 0 aliphatic carbocycles. The highest BCUT2D eigenvalue weighted by molar-refractivity contribution is 6.04. The topological polar surface area (TPSA) is 47.6 Å². The van der Waals surface area contributed by atoms with Crippen LogP contribution >= 0.6 is 12.4 Å². The lowest BCUT2D eigenvalue weighted by molar-refractivity contribution is 0.213. The first-order valence-corrected chi connectivity index (χ1v) is 4.24. The van der Waals surface area contributed by atoms with Crippen LogP contribution < -0.4 is 5.73 Å². The van der Waals surface area contributed by atoms with Crippen LogP contribution in [0.2, 0.25) is 0 Å². The van der Waals surface area contributed by atoms with E-state index in [-0.39, 0.29) is 12.4 Å². The summed E-state index contributed by atoms with van der Waals surface area (Å²) in [7, 11) is 1.54. The van der Waals surface area contributed by atoms with E-state index in [0.717, 1.165) is 23.4 Å². The Morgan fingerprint density at radius 1 is 1.43 bits per heavy atom. The molecule has 14 heavy (non-hydrogen) atoms. The molecule has 0 unspecified atom stereocenters. The van der Waals surface area contributed by atoms with E-state index in [1.54, 1.807) is 0 Å². The summed E-state index contributed by atoms with van der Waals surface area (Å²) in [6.07, 6.45) is 0.808. The monoisotopic (exact) mass is 214 g/mol. The Kier molecular flexibility index (Phi) is 5.72. The van der Waals surface area contributed by atoms with Crippen LogP contribution in [0, 0.1) is 0 Å². The molecule has 0 aromatic heterocycles. The number of benzene rings is 1. The van der Waals surface area contributed by atoms with Crippen molar-refractivity contribution >= 4 is 23.8 Å². The van der Waals surface area contributed by atoms with E-state index in [1.807, 2.05) is 31.2 Å².